The number of rotatable bonds is 9. The van der Waals surface area contributed by atoms with Gasteiger partial charge in [0.25, 0.3) is 5.92 Å². The van der Waals surface area contributed by atoms with Crippen LogP contribution in [0.25, 0.3) is 0 Å². The largest absolute Gasteiger partial charge is 0.493 e. The number of carbonyl (C=O) groups excluding carboxylic acids is 2. The minimum Gasteiger partial charge on any atom is -0.493 e. The van der Waals surface area contributed by atoms with Crippen molar-refractivity contribution in [2.75, 3.05) is 39.0 Å². The van der Waals surface area contributed by atoms with Crippen LogP contribution < -0.4 is 9.47 Å². The summed E-state index contributed by atoms with van der Waals surface area (Å²) < 4.78 is 48.2. The first-order valence-corrected chi connectivity index (χ1v) is 20.5. The van der Waals surface area contributed by atoms with Crippen molar-refractivity contribution in [2.24, 2.45) is 28.6 Å². The van der Waals surface area contributed by atoms with Gasteiger partial charge in [0.1, 0.15) is 19.7 Å². The number of methoxy groups -OCH3 is 1. The number of thiol groups is 1. The first-order valence-electron chi connectivity index (χ1n) is 19.9. The van der Waals surface area contributed by atoms with E-state index in [0.29, 0.717) is 52.7 Å². The maximum absolute atomic E-state index is 13.4. The van der Waals surface area contributed by atoms with E-state index in [0.717, 1.165) is 58.0 Å². The van der Waals surface area contributed by atoms with Gasteiger partial charge in [0.15, 0.2) is 11.5 Å². The van der Waals surface area contributed by atoms with Gasteiger partial charge in [-0.25, -0.2) is 13.6 Å². The molecule has 4 fully saturated rings. The first-order chi connectivity index (χ1) is 24.6. The third kappa shape index (κ3) is 9.49. The summed E-state index contributed by atoms with van der Waals surface area (Å²) in [4.78, 5) is 31.0. The standard InChI is InChI=1S/C36H54N2O4.C5H8BF3S/c1-35(2,3)15-11-24-21-25-22-31(42-34(40)38-19-13-26(14-20-38)37-17-7-6-8-18-37)30(41-5)23-28(25)27-12-16-36(4)29(33(24)27)9-10-32(36)39;6-4(7)5(8,9)2-1-3-10/h22-24,26-27,29,33H,6-21H2,1-5H3;4,10H,1-3H2/t24-,27?,29?,33?,36?;/m1./s1. The summed E-state index contributed by atoms with van der Waals surface area (Å²) in [5, 5.41) is 0. The highest BCUT2D eigenvalue weighted by atomic mass is 32.1. The average Bonchev–Trinajstić information content (AvgIpc) is 3.43. The molecule has 5 aliphatic rings. The number of piperidine rings is 2. The predicted octanol–water partition coefficient (Wildman–Crippen LogP) is 9.42. The molecule has 0 aromatic heterocycles. The topological polar surface area (TPSA) is 59.1 Å². The molecule has 52 heavy (non-hydrogen) atoms. The monoisotopic (exact) mass is 746 g/mol. The molecule has 6 rings (SSSR count). The van der Waals surface area contributed by atoms with Crippen LogP contribution in [-0.2, 0) is 11.2 Å². The molecule has 1 aromatic carbocycles. The normalized spacial score (nSPS) is 28.9. The van der Waals surface area contributed by atoms with Gasteiger partial charge in [-0.1, -0.05) is 34.1 Å². The van der Waals surface area contributed by atoms with Crippen LogP contribution in [0.3, 0.4) is 0 Å². The van der Waals surface area contributed by atoms with E-state index in [1.54, 1.807) is 7.11 Å². The molecule has 0 bridgehead atoms. The Bertz CT molecular complexity index is 1380. The number of amides is 1. The molecule has 1 aromatic rings. The van der Waals surface area contributed by atoms with Gasteiger partial charge in [-0.2, -0.15) is 12.6 Å². The molecule has 6 nitrogen and oxygen atoms in total. The molecular weight excluding hydrogens is 684 g/mol. The Morgan fingerprint density at radius 3 is 2.35 bits per heavy atom. The van der Waals surface area contributed by atoms with Gasteiger partial charge in [0, 0.05) is 37.4 Å². The summed E-state index contributed by atoms with van der Waals surface area (Å²) in [6, 6.07) is 4.90. The number of ketones is 1. The number of carbonyl (C=O) groups is 2. The lowest BCUT2D eigenvalue weighted by Gasteiger charge is -2.52. The van der Waals surface area contributed by atoms with Crippen molar-refractivity contribution in [3.63, 3.8) is 0 Å². The van der Waals surface area contributed by atoms with Crippen LogP contribution >= 0.6 is 12.6 Å². The summed E-state index contributed by atoms with van der Waals surface area (Å²) >= 11 is 3.70. The van der Waals surface area contributed by atoms with Gasteiger partial charge < -0.3 is 19.3 Å². The maximum atomic E-state index is 13.4. The Hall–Kier alpha value is -1.88. The Morgan fingerprint density at radius 2 is 1.73 bits per heavy atom. The van der Waals surface area contributed by atoms with Crippen molar-refractivity contribution in [3.8, 4) is 11.5 Å². The lowest BCUT2D eigenvalue weighted by Crippen LogP contribution is -2.48. The number of halogens is 3. The molecule has 2 aliphatic heterocycles. The summed E-state index contributed by atoms with van der Waals surface area (Å²) in [6.07, 6.45) is 10.0. The van der Waals surface area contributed by atoms with E-state index >= 15 is 0 Å². The second-order valence-corrected chi connectivity index (χ2v) is 18.1. The number of hydrogen-bond acceptors (Lipinski definition) is 6. The van der Waals surface area contributed by atoms with Crippen LogP contribution in [0.15, 0.2) is 12.1 Å². The molecule has 0 N–H and O–H groups in total. The van der Waals surface area contributed by atoms with Crippen LogP contribution in [0.5, 0.6) is 11.5 Å². The maximum Gasteiger partial charge on any atom is 0.415 e. The minimum absolute atomic E-state index is 0.153. The SMILES string of the molecule is COc1cc2c(cc1OC(=O)N1CCC(N3CCCCC3)CC1)C[C@@H](CCC(C)(C)C)C1C2CCC2(C)C(=O)CCC12.[B]C(F)C(F)(F)CCCS. The molecule has 290 valence electrons. The zero-order valence-corrected chi connectivity index (χ0v) is 33.1. The van der Waals surface area contributed by atoms with Crippen LogP contribution in [0, 0.1) is 28.6 Å². The number of Topliss-reactive ketones (excluding diaryl/α,β-unsaturated/α-hetero) is 1. The van der Waals surface area contributed by atoms with E-state index in [-0.39, 0.29) is 23.3 Å². The van der Waals surface area contributed by atoms with Crippen molar-refractivity contribution in [1.29, 1.82) is 0 Å². The fourth-order valence-electron chi connectivity index (χ4n) is 10.0. The van der Waals surface area contributed by atoms with Crippen molar-refractivity contribution in [1.82, 2.24) is 9.80 Å². The van der Waals surface area contributed by atoms with Crippen molar-refractivity contribution < 1.29 is 32.2 Å². The summed E-state index contributed by atoms with van der Waals surface area (Å²) in [7, 11) is 6.05. The summed E-state index contributed by atoms with van der Waals surface area (Å²) in [6.45, 7) is 13.2. The number of hydrogen-bond donors (Lipinski definition) is 1. The van der Waals surface area contributed by atoms with E-state index in [9.17, 15) is 22.8 Å². The van der Waals surface area contributed by atoms with E-state index < -0.39 is 18.4 Å². The highest BCUT2D eigenvalue weighted by Crippen LogP contribution is 2.62. The van der Waals surface area contributed by atoms with Crippen molar-refractivity contribution in [2.45, 2.75) is 142 Å². The zero-order valence-electron chi connectivity index (χ0n) is 32.2. The molecule has 6 atom stereocenters. The Kier molecular flexibility index (Phi) is 13.7. The smallest absolute Gasteiger partial charge is 0.415 e. The molecule has 0 spiro atoms. The first kappa shape index (κ1) is 41.3. The number of ether oxygens (including phenoxy) is 2. The van der Waals surface area contributed by atoms with Gasteiger partial charge in [-0.15, -0.1) is 0 Å². The second-order valence-electron chi connectivity index (χ2n) is 17.6. The summed E-state index contributed by atoms with van der Waals surface area (Å²) in [5.41, 5.74) is 2.81. The van der Waals surface area contributed by atoms with E-state index in [1.807, 2.05) is 4.90 Å². The Balaban J connectivity index is 0.000000459. The molecule has 11 heteroatoms. The lowest BCUT2D eigenvalue weighted by molar-refractivity contribution is -0.130. The minimum atomic E-state index is -3.39. The molecule has 5 unspecified atom stereocenters. The molecule has 3 aliphatic carbocycles. The van der Waals surface area contributed by atoms with E-state index in [1.165, 1.54) is 56.3 Å². The quantitative estimate of drug-likeness (QED) is 0.202. The second kappa shape index (κ2) is 17.3. The molecule has 2 radical (unpaired) electrons. The van der Waals surface area contributed by atoms with Gasteiger partial charge in [0.2, 0.25) is 0 Å². The fourth-order valence-corrected chi connectivity index (χ4v) is 10.2. The fraction of sp³-hybridized carbons (Fsp3) is 0.805. The van der Waals surface area contributed by atoms with Crippen LogP contribution in [0.2, 0.25) is 0 Å². The van der Waals surface area contributed by atoms with Crippen LogP contribution in [-0.4, -0.2) is 86.6 Å². The van der Waals surface area contributed by atoms with Gasteiger partial charge in [-0.3, -0.25) is 9.18 Å². The molecule has 2 heterocycles. The highest BCUT2D eigenvalue weighted by Gasteiger charge is 2.57. The lowest BCUT2D eigenvalue weighted by atomic mass is 9.52. The number of fused-ring (bicyclic) bond motifs is 5. The molecule has 1 amide bonds. The van der Waals surface area contributed by atoms with E-state index in [4.69, 9.17) is 9.47 Å². The number of alkyl halides is 3. The average molecular weight is 747 g/mol. The van der Waals surface area contributed by atoms with Gasteiger partial charge in [-0.05, 0) is 142 Å². The molecule has 2 saturated heterocycles. The Labute approximate surface area is 317 Å². The summed E-state index contributed by atoms with van der Waals surface area (Å²) in [5.74, 6) is 0.634. The number of nitrogens with zero attached hydrogens (tertiary/aromatic N) is 2. The van der Waals surface area contributed by atoms with Crippen LogP contribution in [0.1, 0.15) is 128 Å². The Morgan fingerprint density at radius 1 is 1.04 bits per heavy atom. The highest BCUT2D eigenvalue weighted by molar-refractivity contribution is 7.80. The molecular formula is C41H62BF3N2O4S. The van der Waals surface area contributed by atoms with Gasteiger partial charge >= 0.3 is 6.09 Å². The van der Waals surface area contributed by atoms with Crippen LogP contribution in [0.4, 0.5) is 18.0 Å². The van der Waals surface area contributed by atoms with Crippen molar-refractivity contribution >= 4 is 32.4 Å². The number of likely N-dealkylation sites (tertiary alicyclic amines) is 2. The van der Waals surface area contributed by atoms with E-state index in [2.05, 4.69) is 65.2 Å². The predicted molar refractivity (Wildman–Crippen MR) is 205 cm³/mol. The third-order valence-electron chi connectivity index (χ3n) is 13.1. The third-order valence-corrected chi connectivity index (χ3v) is 13.4. The zero-order chi connectivity index (χ0) is 37.8. The van der Waals surface area contributed by atoms with Gasteiger partial charge in [0.05, 0.1) is 7.11 Å². The van der Waals surface area contributed by atoms with Crippen molar-refractivity contribution in [3.05, 3.63) is 23.3 Å². The molecule has 2 saturated carbocycles. The number of benzene rings is 1.